The van der Waals surface area contributed by atoms with Crippen molar-refractivity contribution in [2.45, 2.75) is 30.9 Å². The minimum atomic E-state index is -0.640. The van der Waals surface area contributed by atoms with Crippen LogP contribution in [0.25, 0.3) is 0 Å². The van der Waals surface area contributed by atoms with Crippen LogP contribution in [-0.2, 0) is 6.54 Å². The quantitative estimate of drug-likeness (QED) is 0.754. The summed E-state index contributed by atoms with van der Waals surface area (Å²) < 4.78 is 0. The van der Waals surface area contributed by atoms with Gasteiger partial charge in [0.25, 0.3) is 0 Å². The molecule has 3 heteroatoms. The second kappa shape index (κ2) is 5.54. The number of hydrogen-bond donors (Lipinski definition) is 2. The van der Waals surface area contributed by atoms with Gasteiger partial charge < -0.3 is 10.4 Å². The molecular weight excluding hydrogens is 206 g/mol. The molecule has 0 aromatic heterocycles. The van der Waals surface area contributed by atoms with Gasteiger partial charge in [-0.2, -0.15) is 0 Å². The Morgan fingerprint density at radius 1 is 1.27 bits per heavy atom. The topological polar surface area (TPSA) is 32.3 Å². The summed E-state index contributed by atoms with van der Waals surface area (Å²) in [5.74, 6) is 0. The molecule has 0 bridgehead atoms. The van der Waals surface area contributed by atoms with Crippen molar-refractivity contribution < 1.29 is 5.11 Å². The predicted molar refractivity (Wildman–Crippen MR) is 66.2 cm³/mol. The molecule has 0 unspecified atom stereocenters. The molecule has 1 aromatic rings. The van der Waals surface area contributed by atoms with Crippen molar-refractivity contribution >= 4 is 11.8 Å². The van der Waals surface area contributed by atoms with Crippen LogP contribution in [0.5, 0.6) is 0 Å². The van der Waals surface area contributed by atoms with E-state index in [1.165, 1.54) is 10.5 Å². The highest BCUT2D eigenvalue weighted by Gasteiger charge is 2.10. The molecule has 0 aliphatic heterocycles. The molecule has 2 nitrogen and oxygen atoms in total. The average Bonchev–Trinajstić information content (AvgIpc) is 2.17. The van der Waals surface area contributed by atoms with Crippen LogP contribution in [-0.4, -0.2) is 23.5 Å². The normalized spacial score (nSPS) is 11.7. The van der Waals surface area contributed by atoms with Crippen molar-refractivity contribution in [2.75, 3.05) is 12.8 Å². The smallest absolute Gasteiger partial charge is 0.0715 e. The fraction of sp³-hybridized carbons (Fsp3) is 0.500. The summed E-state index contributed by atoms with van der Waals surface area (Å²) in [6, 6.07) is 8.46. The molecule has 0 radical (unpaired) electrons. The summed E-state index contributed by atoms with van der Waals surface area (Å²) in [5, 5.41) is 12.7. The first-order valence-electron chi connectivity index (χ1n) is 5.07. The summed E-state index contributed by atoms with van der Waals surface area (Å²) in [6.07, 6.45) is 2.07. The summed E-state index contributed by atoms with van der Waals surface area (Å²) in [6.45, 7) is 5.02. The minimum Gasteiger partial charge on any atom is -0.389 e. The molecule has 1 rings (SSSR count). The van der Waals surface area contributed by atoms with E-state index in [-0.39, 0.29) is 0 Å². The van der Waals surface area contributed by atoms with Gasteiger partial charge in [0, 0.05) is 18.0 Å². The maximum Gasteiger partial charge on any atom is 0.0715 e. The largest absolute Gasteiger partial charge is 0.389 e. The second-order valence-corrected chi connectivity index (χ2v) is 5.14. The molecular formula is C12H19NOS. The van der Waals surface area contributed by atoms with Gasteiger partial charge in [-0.3, -0.25) is 0 Å². The molecule has 0 aliphatic carbocycles. The van der Waals surface area contributed by atoms with Gasteiger partial charge in [-0.15, -0.1) is 11.8 Å². The number of aliphatic hydroxyl groups is 1. The van der Waals surface area contributed by atoms with E-state index in [4.69, 9.17) is 0 Å². The number of rotatable bonds is 5. The van der Waals surface area contributed by atoms with Gasteiger partial charge in [0.05, 0.1) is 5.60 Å². The maximum absolute atomic E-state index is 9.51. The molecule has 0 spiro atoms. The van der Waals surface area contributed by atoms with Crippen LogP contribution in [0.2, 0.25) is 0 Å². The van der Waals surface area contributed by atoms with Gasteiger partial charge in [-0.25, -0.2) is 0 Å². The maximum atomic E-state index is 9.51. The third kappa shape index (κ3) is 5.21. The van der Waals surface area contributed by atoms with Crippen molar-refractivity contribution in [3.8, 4) is 0 Å². The van der Waals surface area contributed by atoms with Crippen molar-refractivity contribution in [3.05, 3.63) is 29.8 Å². The van der Waals surface area contributed by atoms with Gasteiger partial charge in [0.2, 0.25) is 0 Å². The van der Waals surface area contributed by atoms with E-state index in [0.29, 0.717) is 6.54 Å². The Labute approximate surface area is 96.1 Å². The number of hydrogen-bond acceptors (Lipinski definition) is 3. The summed E-state index contributed by atoms with van der Waals surface area (Å²) in [7, 11) is 0. The number of benzene rings is 1. The lowest BCUT2D eigenvalue weighted by molar-refractivity contribution is 0.0795. The fourth-order valence-corrected chi connectivity index (χ4v) is 1.66. The Morgan fingerprint density at radius 2 is 1.87 bits per heavy atom. The Kier molecular flexibility index (Phi) is 4.64. The monoisotopic (exact) mass is 225 g/mol. The fourth-order valence-electron chi connectivity index (χ4n) is 1.26. The van der Waals surface area contributed by atoms with E-state index in [0.717, 1.165) is 6.54 Å². The zero-order chi connectivity index (χ0) is 11.3. The second-order valence-electron chi connectivity index (χ2n) is 4.26. The molecule has 84 valence electrons. The standard InChI is InChI=1S/C12H19NOS/c1-12(2,14)9-13-8-10-4-6-11(15-3)7-5-10/h4-7,13-14H,8-9H2,1-3H3. The minimum absolute atomic E-state index is 0.608. The summed E-state index contributed by atoms with van der Waals surface area (Å²) in [5.41, 5.74) is 0.608. The third-order valence-corrected chi connectivity index (χ3v) is 2.79. The van der Waals surface area contributed by atoms with Crippen LogP contribution in [0.4, 0.5) is 0 Å². The molecule has 2 N–H and O–H groups in total. The molecule has 0 aliphatic rings. The van der Waals surface area contributed by atoms with E-state index in [1.807, 2.05) is 0 Å². The van der Waals surface area contributed by atoms with E-state index < -0.39 is 5.60 Å². The third-order valence-electron chi connectivity index (χ3n) is 2.05. The van der Waals surface area contributed by atoms with Gasteiger partial charge in [0.1, 0.15) is 0 Å². The predicted octanol–water partition coefficient (Wildman–Crippen LogP) is 2.27. The molecule has 0 saturated heterocycles. The molecule has 1 aromatic carbocycles. The molecule has 0 atom stereocenters. The van der Waals surface area contributed by atoms with Crippen LogP contribution in [0, 0.1) is 0 Å². The summed E-state index contributed by atoms with van der Waals surface area (Å²) in [4.78, 5) is 1.28. The van der Waals surface area contributed by atoms with E-state index in [1.54, 1.807) is 25.6 Å². The van der Waals surface area contributed by atoms with Gasteiger partial charge in [0.15, 0.2) is 0 Å². The van der Waals surface area contributed by atoms with E-state index in [2.05, 4.69) is 35.8 Å². The summed E-state index contributed by atoms with van der Waals surface area (Å²) >= 11 is 1.75. The van der Waals surface area contributed by atoms with E-state index >= 15 is 0 Å². The lowest BCUT2D eigenvalue weighted by atomic mass is 10.1. The molecule has 15 heavy (non-hydrogen) atoms. The van der Waals surface area contributed by atoms with Crippen molar-refractivity contribution in [3.63, 3.8) is 0 Å². The van der Waals surface area contributed by atoms with Crippen molar-refractivity contribution in [2.24, 2.45) is 0 Å². The van der Waals surface area contributed by atoms with Crippen molar-refractivity contribution in [1.82, 2.24) is 5.32 Å². The highest BCUT2D eigenvalue weighted by atomic mass is 32.2. The Balaban J connectivity index is 2.38. The zero-order valence-corrected chi connectivity index (χ0v) is 10.4. The van der Waals surface area contributed by atoms with Crippen LogP contribution < -0.4 is 5.32 Å². The first kappa shape index (κ1) is 12.6. The van der Waals surface area contributed by atoms with Crippen molar-refractivity contribution in [1.29, 1.82) is 0 Å². The van der Waals surface area contributed by atoms with Gasteiger partial charge >= 0.3 is 0 Å². The lowest BCUT2D eigenvalue weighted by Gasteiger charge is -2.17. The number of nitrogens with one attached hydrogen (secondary N) is 1. The van der Waals surface area contributed by atoms with Gasteiger partial charge in [-0.05, 0) is 37.8 Å². The molecule has 0 amide bonds. The molecule has 0 fully saturated rings. The average molecular weight is 225 g/mol. The Morgan fingerprint density at radius 3 is 2.33 bits per heavy atom. The number of thioether (sulfide) groups is 1. The van der Waals surface area contributed by atoms with Gasteiger partial charge in [-0.1, -0.05) is 12.1 Å². The van der Waals surface area contributed by atoms with Crippen LogP contribution >= 0.6 is 11.8 Å². The van der Waals surface area contributed by atoms with Crippen LogP contribution in [0.15, 0.2) is 29.2 Å². The van der Waals surface area contributed by atoms with Crippen LogP contribution in [0.1, 0.15) is 19.4 Å². The Hall–Kier alpha value is -0.510. The first-order valence-corrected chi connectivity index (χ1v) is 6.30. The lowest BCUT2D eigenvalue weighted by Crippen LogP contribution is -2.34. The molecule has 0 heterocycles. The zero-order valence-electron chi connectivity index (χ0n) is 9.58. The SMILES string of the molecule is CSc1ccc(CNCC(C)(C)O)cc1. The van der Waals surface area contributed by atoms with Crippen LogP contribution in [0.3, 0.4) is 0 Å². The highest BCUT2D eigenvalue weighted by Crippen LogP contribution is 2.14. The van der Waals surface area contributed by atoms with E-state index in [9.17, 15) is 5.11 Å². The molecule has 0 saturated carbocycles. The first-order chi connectivity index (χ1) is 7.01. The Bertz CT molecular complexity index is 289. The highest BCUT2D eigenvalue weighted by molar-refractivity contribution is 7.98.